The molecule has 20 heavy (non-hydrogen) atoms. The van der Waals surface area contributed by atoms with Gasteiger partial charge in [-0.05, 0) is 50.6 Å². The Hall–Kier alpha value is -1.88. The number of aryl methyl sites for hydroxylation is 1. The van der Waals surface area contributed by atoms with Gasteiger partial charge >= 0.3 is 0 Å². The number of carbonyl (C=O) groups is 2. The van der Waals surface area contributed by atoms with Crippen molar-refractivity contribution in [2.75, 3.05) is 32.0 Å². The molecule has 5 heteroatoms. The third-order valence-electron chi connectivity index (χ3n) is 3.48. The van der Waals surface area contributed by atoms with Gasteiger partial charge in [-0.15, -0.1) is 0 Å². The van der Waals surface area contributed by atoms with Crippen molar-refractivity contribution in [1.29, 1.82) is 0 Å². The first-order chi connectivity index (χ1) is 9.61. The van der Waals surface area contributed by atoms with Crippen LogP contribution in [-0.4, -0.2) is 43.4 Å². The van der Waals surface area contributed by atoms with E-state index in [4.69, 9.17) is 0 Å². The highest BCUT2D eigenvalue weighted by Gasteiger charge is 2.19. The Labute approximate surface area is 119 Å². The van der Waals surface area contributed by atoms with Gasteiger partial charge < -0.3 is 15.5 Å². The summed E-state index contributed by atoms with van der Waals surface area (Å²) in [4.78, 5) is 25.7. The topological polar surface area (TPSA) is 61.4 Å². The molecular formula is C15H21N3O2. The van der Waals surface area contributed by atoms with Gasteiger partial charge in [0, 0.05) is 24.3 Å². The molecule has 0 spiro atoms. The van der Waals surface area contributed by atoms with Crippen molar-refractivity contribution in [2.24, 2.45) is 0 Å². The SMILES string of the molecule is CNCC(=O)Nc1ccc(C(=O)N2CCCC2)cc1C. The molecule has 1 heterocycles. The number of amides is 2. The molecule has 108 valence electrons. The highest BCUT2D eigenvalue weighted by atomic mass is 16.2. The van der Waals surface area contributed by atoms with Gasteiger partial charge in [-0.3, -0.25) is 9.59 Å². The maximum Gasteiger partial charge on any atom is 0.253 e. The highest BCUT2D eigenvalue weighted by Crippen LogP contribution is 2.19. The Bertz CT molecular complexity index is 508. The quantitative estimate of drug-likeness (QED) is 0.873. The highest BCUT2D eigenvalue weighted by molar-refractivity contribution is 5.97. The molecule has 1 aromatic carbocycles. The molecule has 1 fully saturated rings. The number of hydrogen-bond donors (Lipinski definition) is 2. The van der Waals surface area contributed by atoms with Crippen molar-refractivity contribution in [3.05, 3.63) is 29.3 Å². The molecule has 0 aromatic heterocycles. The molecule has 2 rings (SSSR count). The number of hydrogen-bond acceptors (Lipinski definition) is 3. The number of carbonyl (C=O) groups excluding carboxylic acids is 2. The summed E-state index contributed by atoms with van der Waals surface area (Å²) in [7, 11) is 1.73. The lowest BCUT2D eigenvalue weighted by atomic mass is 10.1. The Balaban J connectivity index is 2.08. The van der Waals surface area contributed by atoms with E-state index in [2.05, 4.69) is 10.6 Å². The smallest absolute Gasteiger partial charge is 0.253 e. The monoisotopic (exact) mass is 275 g/mol. The van der Waals surface area contributed by atoms with E-state index in [1.807, 2.05) is 17.9 Å². The largest absolute Gasteiger partial charge is 0.339 e. The van der Waals surface area contributed by atoms with E-state index in [0.29, 0.717) is 5.56 Å². The van der Waals surface area contributed by atoms with Gasteiger partial charge in [0.15, 0.2) is 0 Å². The van der Waals surface area contributed by atoms with Gasteiger partial charge in [-0.1, -0.05) is 0 Å². The fourth-order valence-corrected chi connectivity index (χ4v) is 2.39. The van der Waals surface area contributed by atoms with Crippen molar-refractivity contribution in [3.8, 4) is 0 Å². The van der Waals surface area contributed by atoms with Gasteiger partial charge in [0.05, 0.1) is 6.54 Å². The van der Waals surface area contributed by atoms with Gasteiger partial charge in [0.25, 0.3) is 5.91 Å². The van der Waals surface area contributed by atoms with Gasteiger partial charge in [-0.25, -0.2) is 0 Å². The summed E-state index contributed by atoms with van der Waals surface area (Å²) in [6.07, 6.45) is 2.17. The van der Waals surface area contributed by atoms with E-state index in [-0.39, 0.29) is 18.4 Å². The van der Waals surface area contributed by atoms with Crippen LogP contribution >= 0.6 is 0 Å². The summed E-state index contributed by atoms with van der Waals surface area (Å²) in [5.74, 6) is -0.00655. The molecule has 0 atom stereocenters. The number of likely N-dealkylation sites (tertiary alicyclic amines) is 1. The molecule has 2 N–H and O–H groups in total. The van der Waals surface area contributed by atoms with Gasteiger partial charge in [0.1, 0.15) is 0 Å². The third-order valence-corrected chi connectivity index (χ3v) is 3.48. The first-order valence-corrected chi connectivity index (χ1v) is 6.96. The van der Waals surface area contributed by atoms with E-state index in [0.717, 1.165) is 37.2 Å². The summed E-state index contributed by atoms with van der Waals surface area (Å²) in [5.41, 5.74) is 2.35. The lowest BCUT2D eigenvalue weighted by molar-refractivity contribution is -0.115. The number of anilines is 1. The Morgan fingerprint density at radius 1 is 1.25 bits per heavy atom. The third kappa shape index (κ3) is 3.36. The van der Waals surface area contributed by atoms with E-state index < -0.39 is 0 Å². The molecular weight excluding hydrogens is 254 g/mol. The zero-order valence-electron chi connectivity index (χ0n) is 12.0. The molecule has 0 radical (unpaired) electrons. The van der Waals surface area contributed by atoms with Crippen molar-refractivity contribution < 1.29 is 9.59 Å². The average Bonchev–Trinajstić information content (AvgIpc) is 2.94. The molecule has 0 unspecified atom stereocenters. The Kier molecular flexibility index (Phi) is 4.74. The van der Waals surface area contributed by atoms with Crippen LogP contribution in [0, 0.1) is 6.92 Å². The first kappa shape index (κ1) is 14.5. The maximum atomic E-state index is 12.3. The van der Waals surface area contributed by atoms with Crippen molar-refractivity contribution in [2.45, 2.75) is 19.8 Å². The van der Waals surface area contributed by atoms with Crippen molar-refractivity contribution in [3.63, 3.8) is 0 Å². The lowest BCUT2D eigenvalue weighted by Crippen LogP contribution is -2.28. The number of nitrogens with zero attached hydrogens (tertiary/aromatic N) is 1. The minimum Gasteiger partial charge on any atom is -0.339 e. The van der Waals surface area contributed by atoms with Gasteiger partial charge in [0.2, 0.25) is 5.91 Å². The number of nitrogens with one attached hydrogen (secondary N) is 2. The zero-order chi connectivity index (χ0) is 14.5. The molecule has 1 aliphatic heterocycles. The van der Waals surface area contributed by atoms with E-state index in [1.165, 1.54) is 0 Å². The van der Waals surface area contributed by atoms with E-state index >= 15 is 0 Å². The summed E-state index contributed by atoms with van der Waals surface area (Å²) in [6.45, 7) is 3.86. The molecule has 1 aromatic rings. The first-order valence-electron chi connectivity index (χ1n) is 6.96. The molecule has 1 saturated heterocycles. The van der Waals surface area contributed by atoms with E-state index in [1.54, 1.807) is 19.2 Å². The molecule has 1 aliphatic rings. The van der Waals surface area contributed by atoms with Crippen LogP contribution in [-0.2, 0) is 4.79 Å². The van der Waals surface area contributed by atoms with Crippen LogP contribution in [0.1, 0.15) is 28.8 Å². The van der Waals surface area contributed by atoms with Crippen LogP contribution in [0.4, 0.5) is 5.69 Å². The van der Waals surface area contributed by atoms with Crippen LogP contribution in [0.2, 0.25) is 0 Å². The minimum atomic E-state index is -0.0887. The van der Waals surface area contributed by atoms with E-state index in [9.17, 15) is 9.59 Å². The van der Waals surface area contributed by atoms with Crippen LogP contribution in [0.5, 0.6) is 0 Å². The minimum absolute atomic E-state index is 0.0821. The molecule has 0 bridgehead atoms. The second-order valence-corrected chi connectivity index (χ2v) is 5.11. The predicted octanol–water partition coefficient (Wildman–Crippen LogP) is 1.39. The number of likely N-dealkylation sites (N-methyl/N-ethyl adjacent to an activating group) is 1. The van der Waals surface area contributed by atoms with Crippen molar-refractivity contribution >= 4 is 17.5 Å². The molecule has 0 saturated carbocycles. The number of rotatable bonds is 4. The normalized spacial score (nSPS) is 14.4. The van der Waals surface area contributed by atoms with Crippen molar-refractivity contribution in [1.82, 2.24) is 10.2 Å². The lowest BCUT2D eigenvalue weighted by Gasteiger charge is -2.16. The summed E-state index contributed by atoms with van der Waals surface area (Å²) < 4.78 is 0. The van der Waals surface area contributed by atoms with Crippen LogP contribution in [0.3, 0.4) is 0 Å². The maximum absolute atomic E-state index is 12.3. The molecule has 5 nitrogen and oxygen atoms in total. The molecule has 2 amide bonds. The summed E-state index contributed by atoms with van der Waals surface area (Å²) >= 11 is 0. The van der Waals surface area contributed by atoms with Gasteiger partial charge in [-0.2, -0.15) is 0 Å². The summed E-state index contributed by atoms with van der Waals surface area (Å²) in [5, 5.41) is 5.62. The predicted molar refractivity (Wildman–Crippen MR) is 78.9 cm³/mol. The molecule has 0 aliphatic carbocycles. The fraction of sp³-hybridized carbons (Fsp3) is 0.467. The van der Waals surface area contributed by atoms with Crippen LogP contribution in [0.25, 0.3) is 0 Å². The second kappa shape index (κ2) is 6.52. The second-order valence-electron chi connectivity index (χ2n) is 5.11. The average molecular weight is 275 g/mol. The fourth-order valence-electron chi connectivity index (χ4n) is 2.39. The number of benzene rings is 1. The van der Waals surface area contributed by atoms with Crippen LogP contribution < -0.4 is 10.6 Å². The Morgan fingerprint density at radius 3 is 2.55 bits per heavy atom. The zero-order valence-corrected chi connectivity index (χ0v) is 12.0. The van der Waals surface area contributed by atoms with Crippen LogP contribution in [0.15, 0.2) is 18.2 Å². The summed E-state index contributed by atoms with van der Waals surface area (Å²) in [6, 6.07) is 5.42. The standard InChI is InChI=1S/C15H21N3O2/c1-11-9-12(15(20)18-7-3-4-8-18)5-6-13(11)17-14(19)10-16-2/h5-6,9,16H,3-4,7-8,10H2,1-2H3,(H,17,19). The Morgan fingerprint density at radius 2 is 1.95 bits per heavy atom.